The van der Waals surface area contributed by atoms with Crippen LogP contribution in [0.2, 0.25) is 4.34 Å². The highest BCUT2D eigenvalue weighted by atomic mass is 35.5. The largest absolute Gasteiger partial charge is 0.353 e. The Morgan fingerprint density at radius 2 is 2.16 bits per heavy atom. The molecule has 0 spiro atoms. The van der Waals surface area contributed by atoms with E-state index in [0.29, 0.717) is 12.6 Å². The van der Waals surface area contributed by atoms with Crippen LogP contribution in [-0.2, 0) is 20.1 Å². The number of nitrogens with one attached hydrogen (secondary N) is 1. The first-order valence-corrected chi connectivity index (χ1v) is 9.83. The lowest BCUT2D eigenvalue weighted by atomic mass is 10.2. The molecule has 0 amide bonds. The molecular weight excluding hydrogens is 356 g/mol. The SMILES string of the molecule is Cc1nnc(CN=C(NC2CCCC2)N(C)Cc2ccc(Cl)s2)n1C. The van der Waals surface area contributed by atoms with E-state index in [4.69, 9.17) is 16.6 Å². The summed E-state index contributed by atoms with van der Waals surface area (Å²) in [5.41, 5.74) is 0. The highest BCUT2D eigenvalue weighted by Crippen LogP contribution is 2.23. The topological polar surface area (TPSA) is 58.3 Å². The smallest absolute Gasteiger partial charge is 0.194 e. The van der Waals surface area contributed by atoms with Crippen LogP contribution in [0.15, 0.2) is 17.1 Å². The molecule has 6 nitrogen and oxygen atoms in total. The van der Waals surface area contributed by atoms with Crippen molar-refractivity contribution in [3.05, 3.63) is 33.0 Å². The lowest BCUT2D eigenvalue weighted by Gasteiger charge is -2.25. The Balaban J connectivity index is 1.73. The van der Waals surface area contributed by atoms with Gasteiger partial charge in [-0.15, -0.1) is 21.5 Å². The Morgan fingerprint density at radius 1 is 1.40 bits per heavy atom. The second kappa shape index (κ2) is 8.19. The van der Waals surface area contributed by atoms with E-state index < -0.39 is 0 Å². The third-order valence-corrected chi connectivity index (χ3v) is 5.84. The predicted molar refractivity (Wildman–Crippen MR) is 103 cm³/mol. The van der Waals surface area contributed by atoms with Crippen LogP contribution in [-0.4, -0.2) is 38.7 Å². The van der Waals surface area contributed by atoms with Crippen LogP contribution >= 0.6 is 22.9 Å². The summed E-state index contributed by atoms with van der Waals surface area (Å²) in [6.45, 7) is 3.25. The molecular formula is C17H25ClN6S. The van der Waals surface area contributed by atoms with Crippen molar-refractivity contribution in [1.29, 1.82) is 0 Å². The van der Waals surface area contributed by atoms with Gasteiger partial charge >= 0.3 is 0 Å². The van der Waals surface area contributed by atoms with Gasteiger partial charge < -0.3 is 14.8 Å². The van der Waals surface area contributed by atoms with E-state index in [1.807, 2.05) is 24.6 Å². The van der Waals surface area contributed by atoms with Crippen LogP contribution in [0.4, 0.5) is 0 Å². The van der Waals surface area contributed by atoms with Crippen molar-refractivity contribution in [1.82, 2.24) is 25.0 Å². The van der Waals surface area contributed by atoms with Gasteiger partial charge in [-0.25, -0.2) is 4.99 Å². The Kier molecular flexibility index (Phi) is 5.96. The first-order valence-electron chi connectivity index (χ1n) is 8.64. The summed E-state index contributed by atoms with van der Waals surface area (Å²) in [4.78, 5) is 8.20. The Labute approximate surface area is 157 Å². The molecule has 2 heterocycles. The molecule has 0 aliphatic heterocycles. The Bertz CT molecular complexity index is 731. The van der Waals surface area contributed by atoms with E-state index in [1.165, 1.54) is 30.6 Å². The molecule has 0 aromatic carbocycles. The van der Waals surface area contributed by atoms with Crippen LogP contribution in [0.25, 0.3) is 0 Å². The fourth-order valence-corrected chi connectivity index (χ4v) is 4.15. The lowest BCUT2D eigenvalue weighted by molar-refractivity contribution is 0.460. The minimum Gasteiger partial charge on any atom is -0.353 e. The van der Waals surface area contributed by atoms with Gasteiger partial charge in [0.2, 0.25) is 0 Å². The van der Waals surface area contributed by atoms with Gasteiger partial charge in [0.1, 0.15) is 12.4 Å². The third kappa shape index (κ3) is 4.73. The molecule has 1 fully saturated rings. The molecule has 0 bridgehead atoms. The van der Waals surface area contributed by atoms with Gasteiger partial charge in [0.25, 0.3) is 0 Å². The highest BCUT2D eigenvalue weighted by Gasteiger charge is 2.19. The minimum absolute atomic E-state index is 0.509. The van der Waals surface area contributed by atoms with Crippen molar-refractivity contribution in [3.8, 4) is 0 Å². The zero-order chi connectivity index (χ0) is 17.8. The van der Waals surface area contributed by atoms with Gasteiger partial charge in [0, 0.05) is 25.0 Å². The molecule has 0 atom stereocenters. The van der Waals surface area contributed by atoms with E-state index >= 15 is 0 Å². The zero-order valence-corrected chi connectivity index (χ0v) is 16.6. The van der Waals surface area contributed by atoms with Crippen molar-refractivity contribution in [2.45, 2.75) is 51.7 Å². The van der Waals surface area contributed by atoms with E-state index in [0.717, 1.165) is 28.5 Å². The van der Waals surface area contributed by atoms with Gasteiger partial charge in [-0.05, 0) is 31.9 Å². The van der Waals surface area contributed by atoms with Gasteiger partial charge in [-0.3, -0.25) is 0 Å². The summed E-state index contributed by atoms with van der Waals surface area (Å²) < 4.78 is 2.80. The number of guanidine groups is 1. The molecule has 1 aliphatic carbocycles. The van der Waals surface area contributed by atoms with Crippen molar-refractivity contribution in [2.75, 3.05) is 7.05 Å². The molecule has 1 saturated carbocycles. The number of rotatable bonds is 5. The molecule has 8 heteroatoms. The molecule has 2 aromatic heterocycles. The molecule has 0 unspecified atom stereocenters. The van der Waals surface area contributed by atoms with Crippen molar-refractivity contribution < 1.29 is 0 Å². The molecule has 136 valence electrons. The number of hydrogen-bond donors (Lipinski definition) is 1. The van der Waals surface area contributed by atoms with Crippen LogP contribution < -0.4 is 5.32 Å². The summed E-state index contributed by atoms with van der Waals surface area (Å²) in [6, 6.07) is 4.52. The van der Waals surface area contributed by atoms with Gasteiger partial charge in [0.15, 0.2) is 11.8 Å². The fraction of sp³-hybridized carbons (Fsp3) is 0.588. The van der Waals surface area contributed by atoms with E-state index in [-0.39, 0.29) is 0 Å². The maximum absolute atomic E-state index is 6.06. The van der Waals surface area contributed by atoms with Crippen molar-refractivity contribution >= 4 is 28.9 Å². The average Bonchev–Trinajstić information content (AvgIpc) is 3.30. The first kappa shape index (κ1) is 18.2. The van der Waals surface area contributed by atoms with Crippen LogP contribution in [0, 0.1) is 6.92 Å². The maximum Gasteiger partial charge on any atom is 0.194 e. The maximum atomic E-state index is 6.06. The molecule has 1 N–H and O–H groups in total. The summed E-state index contributed by atoms with van der Waals surface area (Å²) in [6.07, 6.45) is 5.00. The fourth-order valence-electron chi connectivity index (χ4n) is 3.01. The Hall–Kier alpha value is -1.60. The number of hydrogen-bond acceptors (Lipinski definition) is 4. The number of aliphatic imine (C=N–C) groups is 1. The van der Waals surface area contributed by atoms with Gasteiger partial charge in [-0.1, -0.05) is 24.4 Å². The molecule has 0 radical (unpaired) electrons. The quantitative estimate of drug-likeness (QED) is 0.638. The van der Waals surface area contributed by atoms with Crippen LogP contribution in [0.5, 0.6) is 0 Å². The molecule has 3 rings (SSSR count). The highest BCUT2D eigenvalue weighted by molar-refractivity contribution is 7.16. The standard InChI is InChI=1S/C17H25ClN6S/c1-12-21-22-16(24(12)3)10-19-17(20-13-6-4-5-7-13)23(2)11-14-8-9-15(18)25-14/h8-9,13H,4-7,10-11H2,1-3H3,(H,19,20). The minimum atomic E-state index is 0.509. The van der Waals surface area contributed by atoms with Gasteiger partial charge in [-0.2, -0.15) is 0 Å². The zero-order valence-electron chi connectivity index (χ0n) is 15.0. The number of halogens is 1. The van der Waals surface area contributed by atoms with E-state index in [9.17, 15) is 0 Å². The summed E-state index contributed by atoms with van der Waals surface area (Å²) in [7, 11) is 4.04. The summed E-state index contributed by atoms with van der Waals surface area (Å²) >= 11 is 7.67. The third-order valence-electron chi connectivity index (χ3n) is 4.62. The van der Waals surface area contributed by atoms with E-state index in [2.05, 4.69) is 33.5 Å². The molecule has 1 aliphatic rings. The monoisotopic (exact) mass is 380 g/mol. The number of thiophene rings is 1. The number of aromatic nitrogens is 3. The average molecular weight is 381 g/mol. The molecule has 2 aromatic rings. The molecule has 25 heavy (non-hydrogen) atoms. The normalized spacial score (nSPS) is 15.8. The number of aryl methyl sites for hydroxylation is 1. The first-order chi connectivity index (χ1) is 12.0. The Morgan fingerprint density at radius 3 is 2.76 bits per heavy atom. The second-order valence-corrected chi connectivity index (χ2v) is 8.35. The van der Waals surface area contributed by atoms with Crippen molar-refractivity contribution in [3.63, 3.8) is 0 Å². The second-order valence-electron chi connectivity index (χ2n) is 6.55. The van der Waals surface area contributed by atoms with Crippen molar-refractivity contribution in [2.24, 2.45) is 12.0 Å². The molecule has 0 saturated heterocycles. The summed E-state index contributed by atoms with van der Waals surface area (Å²) in [5, 5.41) is 11.9. The predicted octanol–water partition coefficient (Wildman–Crippen LogP) is 3.36. The lowest BCUT2D eigenvalue weighted by Crippen LogP contribution is -2.43. The summed E-state index contributed by atoms with van der Waals surface area (Å²) in [5.74, 6) is 2.69. The number of nitrogens with zero attached hydrogens (tertiary/aromatic N) is 5. The van der Waals surface area contributed by atoms with Crippen LogP contribution in [0.3, 0.4) is 0 Å². The van der Waals surface area contributed by atoms with Gasteiger partial charge in [0.05, 0.1) is 10.9 Å². The van der Waals surface area contributed by atoms with E-state index in [1.54, 1.807) is 11.3 Å². The van der Waals surface area contributed by atoms with Crippen LogP contribution in [0.1, 0.15) is 42.2 Å².